The van der Waals surface area contributed by atoms with Crippen LogP contribution in [0, 0.1) is 0 Å². The number of anilines is 1. The van der Waals surface area contributed by atoms with Gasteiger partial charge in [0, 0.05) is 5.69 Å². The predicted octanol–water partition coefficient (Wildman–Crippen LogP) is 3.40. The van der Waals surface area contributed by atoms with Crippen molar-refractivity contribution in [2.75, 3.05) is 18.8 Å². The summed E-state index contributed by atoms with van der Waals surface area (Å²) in [7, 11) is 0. The molecule has 0 bridgehead atoms. The van der Waals surface area contributed by atoms with Crippen LogP contribution in [0.4, 0.5) is 5.69 Å². The molecule has 20 heavy (non-hydrogen) atoms. The lowest BCUT2D eigenvalue weighted by molar-refractivity contribution is 0.672. The summed E-state index contributed by atoms with van der Waals surface area (Å²) >= 11 is 0. The first-order valence-corrected chi connectivity index (χ1v) is 7.41. The molecule has 0 saturated heterocycles. The largest absolute Gasteiger partial charge is 0.399 e. The summed E-state index contributed by atoms with van der Waals surface area (Å²) in [5.41, 5.74) is 10.7. The molecule has 0 fully saturated rings. The maximum Gasteiger partial charge on any atom is 0.0316 e. The zero-order valence-corrected chi connectivity index (χ0v) is 12.2. The fraction of sp³-hybridized carbons (Fsp3) is 0.333. The summed E-state index contributed by atoms with van der Waals surface area (Å²) in [6.07, 6.45) is 3.29. The number of rotatable bonds is 7. The Hall–Kier alpha value is -1.80. The first-order valence-electron chi connectivity index (χ1n) is 7.41. The highest BCUT2D eigenvalue weighted by atomic mass is 14.8. The minimum atomic E-state index is 0.836. The highest BCUT2D eigenvalue weighted by Gasteiger charge is 1.98. The van der Waals surface area contributed by atoms with Crippen molar-refractivity contribution in [1.82, 2.24) is 5.32 Å². The topological polar surface area (TPSA) is 38.0 Å². The summed E-state index contributed by atoms with van der Waals surface area (Å²) in [6, 6.07) is 17.1. The number of nitrogens with two attached hydrogens (primary N) is 1. The number of aryl methyl sites for hydroxylation is 1. The fourth-order valence-electron chi connectivity index (χ4n) is 2.36. The summed E-state index contributed by atoms with van der Waals surface area (Å²) < 4.78 is 0. The molecule has 0 saturated carbocycles. The third-order valence-corrected chi connectivity index (χ3v) is 3.45. The molecule has 0 aliphatic rings. The number of nitrogens with one attached hydrogen (secondary N) is 1. The Morgan fingerprint density at radius 2 is 1.70 bits per heavy atom. The van der Waals surface area contributed by atoms with Crippen LogP contribution in [-0.4, -0.2) is 13.1 Å². The number of hydrogen-bond donors (Lipinski definition) is 2. The van der Waals surface area contributed by atoms with E-state index in [0.29, 0.717) is 0 Å². The Balaban J connectivity index is 1.88. The van der Waals surface area contributed by atoms with E-state index in [1.54, 1.807) is 0 Å². The van der Waals surface area contributed by atoms with E-state index >= 15 is 0 Å². The summed E-state index contributed by atoms with van der Waals surface area (Å²) in [6.45, 7) is 4.30. The quantitative estimate of drug-likeness (QED) is 0.596. The molecule has 0 atom stereocenters. The molecule has 0 amide bonds. The number of benzene rings is 2. The number of hydrogen-bond acceptors (Lipinski definition) is 2. The van der Waals surface area contributed by atoms with Gasteiger partial charge >= 0.3 is 0 Å². The highest BCUT2D eigenvalue weighted by Crippen LogP contribution is 2.14. The van der Waals surface area contributed by atoms with Gasteiger partial charge in [-0.3, -0.25) is 0 Å². The third kappa shape index (κ3) is 4.71. The molecule has 106 valence electrons. The van der Waals surface area contributed by atoms with E-state index in [1.807, 2.05) is 18.2 Å². The maximum atomic E-state index is 5.81. The zero-order chi connectivity index (χ0) is 14.2. The van der Waals surface area contributed by atoms with E-state index < -0.39 is 0 Å². The monoisotopic (exact) mass is 268 g/mol. The van der Waals surface area contributed by atoms with Crippen LogP contribution in [0.25, 0.3) is 0 Å². The lowest BCUT2D eigenvalue weighted by Crippen LogP contribution is -2.14. The van der Waals surface area contributed by atoms with Gasteiger partial charge in [0.25, 0.3) is 0 Å². The van der Waals surface area contributed by atoms with Crippen LogP contribution >= 0.6 is 0 Å². The molecule has 0 aromatic heterocycles. The van der Waals surface area contributed by atoms with Crippen molar-refractivity contribution in [2.24, 2.45) is 0 Å². The lowest BCUT2D eigenvalue weighted by Gasteiger charge is -2.06. The molecule has 2 aromatic rings. The van der Waals surface area contributed by atoms with Gasteiger partial charge in [0.1, 0.15) is 0 Å². The smallest absolute Gasteiger partial charge is 0.0316 e. The van der Waals surface area contributed by atoms with Crippen LogP contribution in [0.1, 0.15) is 30.0 Å². The van der Waals surface area contributed by atoms with Crippen LogP contribution in [0.15, 0.2) is 48.5 Å². The van der Waals surface area contributed by atoms with Gasteiger partial charge in [0.15, 0.2) is 0 Å². The lowest BCUT2D eigenvalue weighted by atomic mass is 10.0. The second kappa shape index (κ2) is 7.71. The molecule has 0 aliphatic carbocycles. The molecule has 2 aromatic carbocycles. The van der Waals surface area contributed by atoms with Crippen molar-refractivity contribution in [3.63, 3.8) is 0 Å². The second-order valence-electron chi connectivity index (χ2n) is 5.20. The standard InChI is InChI=1S/C18H24N2/c1-2-20-12-4-6-15-8-10-16(11-9-15)13-17-5-3-7-18(19)14-17/h3,5,7-11,14,20H,2,4,6,12-13,19H2,1H3. The van der Waals surface area contributed by atoms with Gasteiger partial charge in [-0.2, -0.15) is 0 Å². The minimum Gasteiger partial charge on any atom is -0.399 e. The van der Waals surface area contributed by atoms with Crippen molar-refractivity contribution in [3.8, 4) is 0 Å². The Morgan fingerprint density at radius 3 is 2.40 bits per heavy atom. The van der Waals surface area contributed by atoms with Gasteiger partial charge in [0.05, 0.1) is 0 Å². The first-order chi connectivity index (χ1) is 9.78. The maximum absolute atomic E-state index is 5.81. The highest BCUT2D eigenvalue weighted by molar-refractivity contribution is 5.42. The van der Waals surface area contributed by atoms with Crippen molar-refractivity contribution in [2.45, 2.75) is 26.2 Å². The van der Waals surface area contributed by atoms with Gasteiger partial charge in [-0.05, 0) is 61.2 Å². The predicted molar refractivity (Wildman–Crippen MR) is 87.0 cm³/mol. The van der Waals surface area contributed by atoms with Crippen LogP contribution in [0.2, 0.25) is 0 Å². The SMILES string of the molecule is CCNCCCc1ccc(Cc2cccc(N)c2)cc1. The van der Waals surface area contributed by atoms with Crippen molar-refractivity contribution in [1.29, 1.82) is 0 Å². The van der Waals surface area contributed by atoms with Crippen LogP contribution < -0.4 is 11.1 Å². The van der Waals surface area contributed by atoms with Crippen LogP contribution in [-0.2, 0) is 12.8 Å². The molecule has 0 aliphatic heterocycles. The molecule has 0 unspecified atom stereocenters. The number of nitrogen functional groups attached to an aromatic ring is 1. The molecule has 0 spiro atoms. The third-order valence-electron chi connectivity index (χ3n) is 3.45. The van der Waals surface area contributed by atoms with E-state index in [-0.39, 0.29) is 0 Å². The Bertz CT molecular complexity index is 517. The molecule has 2 rings (SSSR count). The van der Waals surface area contributed by atoms with Gasteiger partial charge in [-0.1, -0.05) is 43.3 Å². The van der Waals surface area contributed by atoms with E-state index in [9.17, 15) is 0 Å². The Morgan fingerprint density at radius 1 is 0.950 bits per heavy atom. The molecular weight excluding hydrogens is 244 g/mol. The molecular formula is C18H24N2. The van der Waals surface area contributed by atoms with Crippen LogP contribution in [0.5, 0.6) is 0 Å². The Labute approximate surface area is 122 Å². The second-order valence-corrected chi connectivity index (χ2v) is 5.20. The normalized spacial score (nSPS) is 10.7. The zero-order valence-electron chi connectivity index (χ0n) is 12.2. The van der Waals surface area contributed by atoms with Crippen molar-refractivity contribution < 1.29 is 0 Å². The van der Waals surface area contributed by atoms with E-state index in [4.69, 9.17) is 5.73 Å². The average molecular weight is 268 g/mol. The molecule has 2 heteroatoms. The Kier molecular flexibility index (Phi) is 5.63. The van der Waals surface area contributed by atoms with E-state index in [2.05, 4.69) is 42.6 Å². The van der Waals surface area contributed by atoms with Crippen molar-refractivity contribution >= 4 is 5.69 Å². The minimum absolute atomic E-state index is 0.836. The van der Waals surface area contributed by atoms with Gasteiger partial charge in [0.2, 0.25) is 0 Å². The molecule has 0 radical (unpaired) electrons. The molecule has 2 nitrogen and oxygen atoms in total. The van der Waals surface area contributed by atoms with Gasteiger partial charge in [-0.15, -0.1) is 0 Å². The fourth-order valence-corrected chi connectivity index (χ4v) is 2.36. The van der Waals surface area contributed by atoms with Crippen LogP contribution in [0.3, 0.4) is 0 Å². The summed E-state index contributed by atoms with van der Waals surface area (Å²) in [5, 5.41) is 3.36. The average Bonchev–Trinajstić information content (AvgIpc) is 2.45. The molecule has 0 heterocycles. The first kappa shape index (κ1) is 14.6. The van der Waals surface area contributed by atoms with Crippen molar-refractivity contribution in [3.05, 3.63) is 65.2 Å². The van der Waals surface area contributed by atoms with E-state index in [0.717, 1.165) is 31.6 Å². The summed E-state index contributed by atoms with van der Waals surface area (Å²) in [4.78, 5) is 0. The van der Waals surface area contributed by atoms with E-state index in [1.165, 1.54) is 23.1 Å². The molecule has 3 N–H and O–H groups in total. The van der Waals surface area contributed by atoms with Gasteiger partial charge < -0.3 is 11.1 Å². The summed E-state index contributed by atoms with van der Waals surface area (Å²) in [5.74, 6) is 0. The van der Waals surface area contributed by atoms with Gasteiger partial charge in [-0.25, -0.2) is 0 Å².